The lowest BCUT2D eigenvalue weighted by atomic mass is 9.80. The van der Waals surface area contributed by atoms with Crippen molar-refractivity contribution in [1.29, 1.82) is 0 Å². The summed E-state index contributed by atoms with van der Waals surface area (Å²) in [5.41, 5.74) is -1.53. The first-order valence-corrected chi connectivity index (χ1v) is 6.63. The molecule has 0 atom stereocenters. The van der Waals surface area contributed by atoms with Gasteiger partial charge in [0.2, 0.25) is 0 Å². The summed E-state index contributed by atoms with van der Waals surface area (Å²) in [5.74, 6) is -1.41. The molecule has 6 nitrogen and oxygen atoms in total. The van der Waals surface area contributed by atoms with E-state index in [1.807, 2.05) is 0 Å². The second kappa shape index (κ2) is 10.1. The van der Waals surface area contributed by atoms with E-state index in [-0.39, 0.29) is 39.1 Å². The van der Waals surface area contributed by atoms with Crippen LogP contribution in [-0.2, 0) is 23.9 Å². The average Bonchev–Trinajstić information content (AvgIpc) is 2.43. The van der Waals surface area contributed by atoms with Gasteiger partial charge in [0.05, 0.1) is 19.8 Å². The van der Waals surface area contributed by atoms with Gasteiger partial charge in [-0.3, -0.25) is 9.59 Å². The molecular weight excluding hydrogens is 264 g/mol. The summed E-state index contributed by atoms with van der Waals surface area (Å²) in [5, 5.41) is 8.75. The molecule has 0 aromatic heterocycles. The molecule has 0 aromatic rings. The number of hydrogen-bond acceptors (Lipinski definition) is 6. The number of aliphatic hydroxyl groups is 1. The Hall–Kier alpha value is -1.69. The van der Waals surface area contributed by atoms with Gasteiger partial charge in [-0.05, 0) is 26.7 Å². The van der Waals surface area contributed by atoms with E-state index in [9.17, 15) is 14.4 Å². The van der Waals surface area contributed by atoms with Gasteiger partial charge in [-0.15, -0.1) is 0 Å². The molecule has 0 heterocycles. The van der Waals surface area contributed by atoms with Crippen LogP contribution in [0.4, 0.5) is 0 Å². The van der Waals surface area contributed by atoms with E-state index < -0.39 is 17.4 Å². The highest BCUT2D eigenvalue weighted by Crippen LogP contribution is 2.32. The topological polar surface area (TPSA) is 89.9 Å². The molecule has 1 N–H and O–H groups in total. The quantitative estimate of drug-likeness (QED) is 0.279. The number of aldehydes is 1. The Morgan fingerprint density at radius 1 is 1.10 bits per heavy atom. The maximum atomic E-state index is 12.1. The summed E-state index contributed by atoms with van der Waals surface area (Å²) in [6.07, 6.45) is 3.67. The van der Waals surface area contributed by atoms with Gasteiger partial charge in [-0.25, -0.2) is 0 Å². The average molecular weight is 286 g/mol. The van der Waals surface area contributed by atoms with Crippen LogP contribution in [0, 0.1) is 5.41 Å². The van der Waals surface area contributed by atoms with Crippen molar-refractivity contribution < 1.29 is 29.0 Å². The first-order valence-electron chi connectivity index (χ1n) is 6.63. The monoisotopic (exact) mass is 286 g/mol. The van der Waals surface area contributed by atoms with Crippen LogP contribution in [0.15, 0.2) is 12.2 Å². The van der Waals surface area contributed by atoms with E-state index in [0.29, 0.717) is 6.29 Å². The molecule has 0 saturated carbocycles. The van der Waals surface area contributed by atoms with Gasteiger partial charge in [0, 0.05) is 6.42 Å². The normalized spacial score (nSPS) is 11.3. The van der Waals surface area contributed by atoms with E-state index >= 15 is 0 Å². The standard InChI is InChI=1S/C14H22O6/c1-3-19-12(17)14(9-7-11-16,8-5-6-10-15)13(18)20-4-2/h5-6,11,15H,3-4,7-10H2,1-2H3/b6-5-. The van der Waals surface area contributed by atoms with Crippen LogP contribution in [0.1, 0.15) is 33.1 Å². The highest BCUT2D eigenvalue weighted by Gasteiger charge is 2.47. The first kappa shape index (κ1) is 18.3. The molecule has 0 aromatic carbocycles. The molecule has 0 radical (unpaired) electrons. The Balaban J connectivity index is 5.35. The van der Waals surface area contributed by atoms with Gasteiger partial charge in [0.15, 0.2) is 5.41 Å². The second-order valence-electron chi connectivity index (χ2n) is 4.09. The van der Waals surface area contributed by atoms with Crippen LogP contribution in [0.3, 0.4) is 0 Å². The van der Waals surface area contributed by atoms with Crippen molar-refractivity contribution in [3.8, 4) is 0 Å². The molecule has 0 rings (SSSR count). The predicted octanol–water partition coefficient (Wildman–Crippen LogP) is 1.02. The van der Waals surface area contributed by atoms with E-state index in [2.05, 4.69) is 0 Å². The maximum absolute atomic E-state index is 12.1. The lowest BCUT2D eigenvalue weighted by Crippen LogP contribution is -2.42. The summed E-state index contributed by atoms with van der Waals surface area (Å²) in [4.78, 5) is 34.9. The van der Waals surface area contributed by atoms with Crippen molar-refractivity contribution >= 4 is 18.2 Å². The SMILES string of the molecule is CCOC(=O)C(C/C=C\CO)(CCC=O)C(=O)OCC. The zero-order valence-corrected chi connectivity index (χ0v) is 12.0. The fraction of sp³-hybridized carbons (Fsp3) is 0.643. The maximum Gasteiger partial charge on any atom is 0.323 e. The summed E-state index contributed by atoms with van der Waals surface area (Å²) in [7, 11) is 0. The zero-order valence-electron chi connectivity index (χ0n) is 12.0. The highest BCUT2D eigenvalue weighted by molar-refractivity contribution is 6.00. The second-order valence-corrected chi connectivity index (χ2v) is 4.09. The van der Waals surface area contributed by atoms with Gasteiger partial charge in [0.25, 0.3) is 0 Å². The Morgan fingerprint density at radius 3 is 2.05 bits per heavy atom. The van der Waals surface area contributed by atoms with Gasteiger partial charge in [-0.1, -0.05) is 12.2 Å². The third-order valence-corrected chi connectivity index (χ3v) is 2.76. The summed E-state index contributed by atoms with van der Waals surface area (Å²) in [6.45, 7) is 3.33. The van der Waals surface area contributed by atoms with Crippen molar-refractivity contribution in [3.05, 3.63) is 12.2 Å². The summed E-state index contributed by atoms with van der Waals surface area (Å²) >= 11 is 0. The number of rotatable bonds is 10. The minimum Gasteiger partial charge on any atom is -0.465 e. The number of carbonyl (C=O) groups is 3. The molecule has 6 heteroatoms. The minimum atomic E-state index is -1.53. The van der Waals surface area contributed by atoms with Gasteiger partial charge >= 0.3 is 11.9 Å². The van der Waals surface area contributed by atoms with Crippen LogP contribution in [0.2, 0.25) is 0 Å². The van der Waals surface area contributed by atoms with Crippen LogP contribution >= 0.6 is 0 Å². The van der Waals surface area contributed by atoms with E-state index in [1.54, 1.807) is 13.8 Å². The lowest BCUT2D eigenvalue weighted by Gasteiger charge is -2.27. The molecule has 0 aliphatic rings. The molecule has 114 valence electrons. The summed E-state index contributed by atoms with van der Waals surface area (Å²) in [6, 6.07) is 0. The molecule has 0 unspecified atom stereocenters. The molecule has 0 saturated heterocycles. The van der Waals surface area contributed by atoms with Gasteiger partial charge < -0.3 is 19.4 Å². The first-order chi connectivity index (χ1) is 9.58. The number of hydrogen-bond donors (Lipinski definition) is 1. The predicted molar refractivity (Wildman–Crippen MR) is 71.8 cm³/mol. The number of aliphatic hydroxyl groups excluding tert-OH is 1. The molecule has 0 fully saturated rings. The summed E-state index contributed by atoms with van der Waals surface area (Å²) < 4.78 is 9.90. The van der Waals surface area contributed by atoms with Crippen LogP contribution in [-0.4, -0.2) is 43.2 Å². The van der Waals surface area contributed by atoms with E-state index in [4.69, 9.17) is 14.6 Å². The Kier molecular flexibility index (Phi) is 9.28. The molecule has 0 aliphatic carbocycles. The molecule has 0 bridgehead atoms. The molecule has 0 amide bonds. The highest BCUT2D eigenvalue weighted by atomic mass is 16.6. The third-order valence-electron chi connectivity index (χ3n) is 2.76. The number of allylic oxidation sites excluding steroid dienone is 1. The molecular formula is C14H22O6. The Morgan fingerprint density at radius 2 is 1.65 bits per heavy atom. The van der Waals surface area contributed by atoms with Crippen LogP contribution < -0.4 is 0 Å². The number of carbonyl (C=O) groups excluding carboxylic acids is 3. The lowest BCUT2D eigenvalue weighted by molar-refractivity contribution is -0.172. The van der Waals surface area contributed by atoms with Crippen molar-refractivity contribution in [1.82, 2.24) is 0 Å². The van der Waals surface area contributed by atoms with E-state index in [1.165, 1.54) is 12.2 Å². The fourth-order valence-corrected chi connectivity index (χ4v) is 1.76. The molecule has 0 spiro atoms. The van der Waals surface area contributed by atoms with Crippen LogP contribution in [0.25, 0.3) is 0 Å². The third kappa shape index (κ3) is 5.13. The smallest absolute Gasteiger partial charge is 0.323 e. The fourth-order valence-electron chi connectivity index (χ4n) is 1.76. The Labute approximate surface area is 118 Å². The Bertz CT molecular complexity index is 330. The number of ether oxygens (including phenoxy) is 2. The van der Waals surface area contributed by atoms with Crippen molar-refractivity contribution in [2.75, 3.05) is 19.8 Å². The largest absolute Gasteiger partial charge is 0.465 e. The minimum absolute atomic E-state index is 0.0178. The van der Waals surface area contributed by atoms with Gasteiger partial charge in [0.1, 0.15) is 6.29 Å². The molecule has 0 aliphatic heterocycles. The van der Waals surface area contributed by atoms with Gasteiger partial charge in [-0.2, -0.15) is 0 Å². The van der Waals surface area contributed by atoms with Crippen LogP contribution in [0.5, 0.6) is 0 Å². The van der Waals surface area contributed by atoms with Crippen molar-refractivity contribution in [3.63, 3.8) is 0 Å². The molecule has 20 heavy (non-hydrogen) atoms. The van der Waals surface area contributed by atoms with E-state index in [0.717, 1.165) is 0 Å². The number of esters is 2. The van der Waals surface area contributed by atoms with Crippen molar-refractivity contribution in [2.24, 2.45) is 5.41 Å². The van der Waals surface area contributed by atoms with Crippen molar-refractivity contribution in [2.45, 2.75) is 33.1 Å². The zero-order chi connectivity index (χ0) is 15.4.